The van der Waals surface area contributed by atoms with Gasteiger partial charge < -0.3 is 10.5 Å². The summed E-state index contributed by atoms with van der Waals surface area (Å²) in [7, 11) is 0. The van der Waals surface area contributed by atoms with Crippen molar-refractivity contribution in [1.29, 1.82) is 0 Å². The number of halogens is 3. The fourth-order valence-corrected chi connectivity index (χ4v) is 2.16. The molecule has 0 amide bonds. The molecule has 0 aliphatic carbocycles. The number of nitrogens with two attached hydrogens (primary N) is 1. The summed E-state index contributed by atoms with van der Waals surface area (Å²) in [6, 6.07) is 9.25. The van der Waals surface area contributed by atoms with Crippen LogP contribution in [0.25, 0.3) is 0 Å². The van der Waals surface area contributed by atoms with E-state index in [1.807, 2.05) is 19.1 Å². The van der Waals surface area contributed by atoms with Gasteiger partial charge in [0.15, 0.2) is 11.6 Å². The molecule has 1 unspecified atom stereocenters. The molecular weight excluding hydrogens is 328 g/mol. The Morgan fingerprint density at radius 2 is 2.00 bits per heavy atom. The summed E-state index contributed by atoms with van der Waals surface area (Å²) in [5, 5.41) is 0. The zero-order valence-corrected chi connectivity index (χ0v) is 12.5. The minimum Gasteiger partial charge on any atom is -0.488 e. The predicted octanol–water partition coefficient (Wildman–Crippen LogP) is 4.33. The molecule has 0 saturated carbocycles. The Labute approximate surface area is 124 Å². The molecule has 106 valence electrons. The maximum atomic E-state index is 13.6. The Kier molecular flexibility index (Phi) is 4.73. The molecule has 0 aliphatic heterocycles. The zero-order chi connectivity index (χ0) is 14.7. The lowest BCUT2D eigenvalue weighted by atomic mass is 10.1. The van der Waals surface area contributed by atoms with Crippen LogP contribution >= 0.6 is 15.9 Å². The molecule has 0 radical (unpaired) electrons. The maximum absolute atomic E-state index is 13.6. The van der Waals surface area contributed by atoms with Crippen molar-refractivity contribution in [2.24, 2.45) is 5.73 Å². The first-order valence-electron chi connectivity index (χ1n) is 6.09. The molecule has 0 saturated heterocycles. The Balaban J connectivity index is 2.22. The largest absolute Gasteiger partial charge is 0.488 e. The number of hydrogen-bond donors (Lipinski definition) is 1. The fraction of sp³-hybridized carbons (Fsp3) is 0.200. The molecule has 2 rings (SSSR count). The van der Waals surface area contributed by atoms with Gasteiger partial charge in [-0.25, -0.2) is 8.78 Å². The van der Waals surface area contributed by atoms with Crippen molar-refractivity contribution in [3.63, 3.8) is 0 Å². The molecule has 0 bridgehead atoms. The maximum Gasteiger partial charge on any atom is 0.165 e. The van der Waals surface area contributed by atoms with Gasteiger partial charge in [-0.15, -0.1) is 0 Å². The summed E-state index contributed by atoms with van der Waals surface area (Å²) >= 11 is 3.34. The third-order valence-electron chi connectivity index (χ3n) is 2.88. The monoisotopic (exact) mass is 341 g/mol. The van der Waals surface area contributed by atoms with E-state index in [9.17, 15) is 8.78 Å². The van der Waals surface area contributed by atoms with Gasteiger partial charge in [-0.05, 0) is 25.1 Å². The zero-order valence-electron chi connectivity index (χ0n) is 10.9. The molecule has 20 heavy (non-hydrogen) atoms. The molecule has 2 aromatic carbocycles. The Bertz CT molecular complexity index is 617. The normalized spacial score (nSPS) is 12.2. The van der Waals surface area contributed by atoms with E-state index in [-0.39, 0.29) is 18.2 Å². The van der Waals surface area contributed by atoms with Crippen LogP contribution < -0.4 is 10.5 Å². The second kappa shape index (κ2) is 6.33. The van der Waals surface area contributed by atoms with Crippen LogP contribution in [0.4, 0.5) is 8.78 Å². The molecular formula is C15H14BrF2NO. The first-order valence-corrected chi connectivity index (χ1v) is 6.89. The van der Waals surface area contributed by atoms with Crippen molar-refractivity contribution in [3.8, 4) is 5.75 Å². The lowest BCUT2D eigenvalue weighted by molar-refractivity contribution is 0.292. The van der Waals surface area contributed by atoms with Crippen molar-refractivity contribution < 1.29 is 13.5 Å². The van der Waals surface area contributed by atoms with E-state index >= 15 is 0 Å². The highest BCUT2D eigenvalue weighted by molar-refractivity contribution is 9.10. The van der Waals surface area contributed by atoms with Gasteiger partial charge in [0.05, 0.1) is 0 Å². The number of benzene rings is 2. The van der Waals surface area contributed by atoms with Gasteiger partial charge in [0, 0.05) is 21.6 Å². The van der Waals surface area contributed by atoms with Crippen LogP contribution in [0.2, 0.25) is 0 Å². The van der Waals surface area contributed by atoms with E-state index in [0.717, 1.165) is 16.1 Å². The van der Waals surface area contributed by atoms with Crippen LogP contribution in [0.5, 0.6) is 5.75 Å². The summed E-state index contributed by atoms with van der Waals surface area (Å²) in [6.45, 7) is 1.78. The minimum absolute atomic E-state index is 0.0558. The predicted molar refractivity (Wildman–Crippen MR) is 77.4 cm³/mol. The molecule has 2 aromatic rings. The van der Waals surface area contributed by atoms with Gasteiger partial charge in [-0.1, -0.05) is 34.1 Å². The summed E-state index contributed by atoms with van der Waals surface area (Å²) in [4.78, 5) is 0. The van der Waals surface area contributed by atoms with E-state index < -0.39 is 11.6 Å². The van der Waals surface area contributed by atoms with Crippen molar-refractivity contribution >= 4 is 15.9 Å². The highest BCUT2D eigenvalue weighted by Crippen LogP contribution is 2.28. The van der Waals surface area contributed by atoms with Gasteiger partial charge in [0.25, 0.3) is 0 Å². The van der Waals surface area contributed by atoms with E-state index in [4.69, 9.17) is 10.5 Å². The smallest absolute Gasteiger partial charge is 0.165 e. The van der Waals surface area contributed by atoms with Crippen molar-refractivity contribution in [1.82, 2.24) is 0 Å². The molecule has 0 heterocycles. The standard InChI is InChI=1S/C15H14BrF2NO/c1-9(19)12-6-5-11(16)7-14(12)20-8-10-3-2-4-13(17)15(10)18/h2-7,9H,8,19H2,1H3. The first kappa shape index (κ1) is 14.9. The molecule has 1 atom stereocenters. The van der Waals surface area contributed by atoms with Crippen molar-refractivity contribution in [3.05, 3.63) is 63.6 Å². The second-order valence-electron chi connectivity index (χ2n) is 4.47. The van der Waals surface area contributed by atoms with Crippen LogP contribution in [0.15, 0.2) is 40.9 Å². The van der Waals surface area contributed by atoms with Crippen LogP contribution in [0, 0.1) is 11.6 Å². The molecule has 0 aliphatic rings. The van der Waals surface area contributed by atoms with Crippen molar-refractivity contribution in [2.75, 3.05) is 0 Å². The van der Waals surface area contributed by atoms with Gasteiger partial charge in [-0.2, -0.15) is 0 Å². The van der Waals surface area contributed by atoms with Gasteiger partial charge in [0.1, 0.15) is 12.4 Å². The van der Waals surface area contributed by atoms with E-state index in [1.165, 1.54) is 12.1 Å². The molecule has 2 nitrogen and oxygen atoms in total. The topological polar surface area (TPSA) is 35.2 Å². The van der Waals surface area contributed by atoms with Crippen molar-refractivity contribution in [2.45, 2.75) is 19.6 Å². The van der Waals surface area contributed by atoms with E-state index in [0.29, 0.717) is 5.75 Å². The number of hydrogen-bond acceptors (Lipinski definition) is 2. The third-order valence-corrected chi connectivity index (χ3v) is 3.37. The van der Waals surface area contributed by atoms with Crippen LogP contribution in [0.1, 0.15) is 24.1 Å². The SMILES string of the molecule is CC(N)c1ccc(Br)cc1OCc1cccc(F)c1F. The average molecular weight is 342 g/mol. The van der Waals surface area contributed by atoms with Crippen LogP contribution in [-0.2, 0) is 6.61 Å². The molecule has 2 N–H and O–H groups in total. The number of ether oxygens (including phenoxy) is 1. The quantitative estimate of drug-likeness (QED) is 0.898. The lowest BCUT2D eigenvalue weighted by Gasteiger charge is -2.15. The summed E-state index contributed by atoms with van der Waals surface area (Å²) in [5.74, 6) is -1.21. The third kappa shape index (κ3) is 3.35. The summed E-state index contributed by atoms with van der Waals surface area (Å²) in [6.07, 6.45) is 0. The lowest BCUT2D eigenvalue weighted by Crippen LogP contribution is -2.08. The summed E-state index contributed by atoms with van der Waals surface area (Å²) in [5.41, 5.74) is 6.84. The first-order chi connectivity index (χ1) is 9.49. The number of rotatable bonds is 4. The van der Waals surface area contributed by atoms with Crippen LogP contribution in [0.3, 0.4) is 0 Å². The molecule has 5 heteroatoms. The highest BCUT2D eigenvalue weighted by atomic mass is 79.9. The minimum atomic E-state index is -0.884. The van der Waals surface area contributed by atoms with Crippen LogP contribution in [-0.4, -0.2) is 0 Å². The Morgan fingerprint density at radius 3 is 2.70 bits per heavy atom. The highest BCUT2D eigenvalue weighted by Gasteiger charge is 2.12. The average Bonchev–Trinajstić information content (AvgIpc) is 2.40. The van der Waals surface area contributed by atoms with Gasteiger partial charge in [0.2, 0.25) is 0 Å². The summed E-state index contributed by atoms with van der Waals surface area (Å²) < 4.78 is 33.1. The van der Waals surface area contributed by atoms with E-state index in [2.05, 4.69) is 15.9 Å². The molecule has 0 spiro atoms. The van der Waals surface area contributed by atoms with E-state index in [1.54, 1.807) is 6.07 Å². The second-order valence-corrected chi connectivity index (χ2v) is 5.39. The molecule has 0 aromatic heterocycles. The van der Waals surface area contributed by atoms with Gasteiger partial charge >= 0.3 is 0 Å². The Hall–Kier alpha value is -1.46. The van der Waals surface area contributed by atoms with Gasteiger partial charge in [-0.3, -0.25) is 0 Å². The Morgan fingerprint density at radius 1 is 1.25 bits per heavy atom. The fourth-order valence-electron chi connectivity index (χ4n) is 1.82. The molecule has 0 fully saturated rings.